The van der Waals surface area contributed by atoms with E-state index < -0.39 is 5.41 Å². The van der Waals surface area contributed by atoms with Crippen molar-refractivity contribution < 1.29 is 4.79 Å². The first-order chi connectivity index (χ1) is 8.69. The summed E-state index contributed by atoms with van der Waals surface area (Å²) in [6.07, 6.45) is 0. The monoisotopic (exact) mass is 326 g/mol. The van der Waals surface area contributed by atoms with Crippen molar-refractivity contribution >= 4 is 21.8 Å². The highest BCUT2D eigenvalue weighted by molar-refractivity contribution is 9.10. The molecule has 0 aromatic heterocycles. The Morgan fingerprint density at radius 3 is 2.21 bits per heavy atom. The average Bonchev–Trinajstić information content (AvgIpc) is 2.36. The van der Waals surface area contributed by atoms with E-state index in [1.807, 2.05) is 26.0 Å². The highest BCUT2D eigenvalue weighted by Gasteiger charge is 2.28. The zero-order valence-corrected chi connectivity index (χ0v) is 13.7. The van der Waals surface area contributed by atoms with Crippen molar-refractivity contribution in [1.82, 2.24) is 5.32 Å². The lowest BCUT2D eigenvalue weighted by atomic mass is 9.84. The van der Waals surface area contributed by atoms with Gasteiger partial charge in [0.2, 0.25) is 5.91 Å². The van der Waals surface area contributed by atoms with E-state index in [0.29, 0.717) is 13.1 Å². The second-order valence-corrected chi connectivity index (χ2v) is 7.08. The lowest BCUT2D eigenvalue weighted by molar-refractivity contribution is -0.129. The Morgan fingerprint density at radius 2 is 1.74 bits per heavy atom. The number of halogens is 1. The van der Waals surface area contributed by atoms with E-state index in [0.717, 1.165) is 4.47 Å². The third-order valence-electron chi connectivity index (χ3n) is 3.44. The molecule has 0 aliphatic carbocycles. The van der Waals surface area contributed by atoms with Gasteiger partial charge >= 0.3 is 0 Å². The molecular weight excluding hydrogens is 304 g/mol. The second-order valence-electron chi connectivity index (χ2n) is 6.16. The van der Waals surface area contributed by atoms with Crippen LogP contribution in [0.15, 0.2) is 28.7 Å². The number of carbonyl (C=O) groups is 1. The van der Waals surface area contributed by atoms with Crippen molar-refractivity contribution in [1.29, 1.82) is 0 Å². The van der Waals surface area contributed by atoms with E-state index in [2.05, 4.69) is 47.2 Å². The molecule has 0 heterocycles. The molecule has 0 spiro atoms. The van der Waals surface area contributed by atoms with E-state index in [1.165, 1.54) is 5.56 Å². The maximum atomic E-state index is 12.0. The number of amides is 1. The average molecular weight is 327 g/mol. The molecule has 3 N–H and O–H groups in total. The number of hydrogen-bond donors (Lipinski definition) is 2. The van der Waals surface area contributed by atoms with Crippen molar-refractivity contribution in [3.63, 3.8) is 0 Å². The summed E-state index contributed by atoms with van der Waals surface area (Å²) < 4.78 is 1.06. The summed E-state index contributed by atoms with van der Waals surface area (Å²) >= 11 is 3.43. The van der Waals surface area contributed by atoms with Crippen LogP contribution in [0.1, 0.15) is 33.3 Å². The molecule has 0 unspecified atom stereocenters. The molecule has 1 rings (SSSR count). The van der Waals surface area contributed by atoms with E-state index >= 15 is 0 Å². The van der Waals surface area contributed by atoms with Gasteiger partial charge in [-0.15, -0.1) is 0 Å². The van der Waals surface area contributed by atoms with Gasteiger partial charge in [0, 0.05) is 23.0 Å². The Kier molecular flexibility index (Phi) is 5.16. The van der Waals surface area contributed by atoms with E-state index in [1.54, 1.807) is 0 Å². The van der Waals surface area contributed by atoms with Gasteiger partial charge in [0.1, 0.15) is 0 Å². The summed E-state index contributed by atoms with van der Waals surface area (Å²) in [5.41, 5.74) is 6.18. The number of rotatable bonds is 5. The third kappa shape index (κ3) is 4.32. The van der Waals surface area contributed by atoms with Gasteiger partial charge < -0.3 is 11.1 Å². The van der Waals surface area contributed by atoms with Crippen molar-refractivity contribution in [3.8, 4) is 0 Å². The molecular formula is C15H23BrN2O. The molecule has 0 radical (unpaired) electrons. The van der Waals surface area contributed by atoms with Crippen LogP contribution in [-0.4, -0.2) is 19.0 Å². The molecule has 1 aromatic carbocycles. The van der Waals surface area contributed by atoms with E-state index in [-0.39, 0.29) is 11.3 Å². The quantitative estimate of drug-likeness (QED) is 0.874. The fourth-order valence-corrected chi connectivity index (χ4v) is 1.90. The minimum absolute atomic E-state index is 0.000173. The summed E-state index contributed by atoms with van der Waals surface area (Å²) in [7, 11) is 0. The first-order valence-corrected chi connectivity index (χ1v) is 7.23. The standard InChI is InChI=1S/C15H23BrN2O/c1-14(2,9-17)13(19)18-10-15(3,4)11-5-7-12(16)8-6-11/h5-8H,9-10,17H2,1-4H3,(H,18,19). The Bertz CT molecular complexity index is 438. The molecule has 3 nitrogen and oxygen atoms in total. The Labute approximate surface area is 124 Å². The van der Waals surface area contributed by atoms with Crippen molar-refractivity contribution in [3.05, 3.63) is 34.3 Å². The molecule has 1 aromatic rings. The lowest BCUT2D eigenvalue weighted by Crippen LogP contribution is -2.45. The minimum atomic E-state index is -0.518. The van der Waals surface area contributed by atoms with Gasteiger partial charge in [-0.3, -0.25) is 4.79 Å². The van der Waals surface area contributed by atoms with Gasteiger partial charge in [0.25, 0.3) is 0 Å². The minimum Gasteiger partial charge on any atom is -0.355 e. The Morgan fingerprint density at radius 1 is 1.21 bits per heavy atom. The maximum Gasteiger partial charge on any atom is 0.226 e. The van der Waals surface area contributed by atoms with Gasteiger partial charge in [-0.25, -0.2) is 0 Å². The number of benzene rings is 1. The van der Waals surface area contributed by atoms with Crippen LogP contribution in [0, 0.1) is 5.41 Å². The fraction of sp³-hybridized carbons (Fsp3) is 0.533. The molecule has 0 saturated heterocycles. The summed E-state index contributed by atoms with van der Waals surface area (Å²) in [5.74, 6) is 0.000173. The van der Waals surface area contributed by atoms with Crippen LogP contribution in [-0.2, 0) is 10.2 Å². The number of nitrogens with one attached hydrogen (secondary N) is 1. The third-order valence-corrected chi connectivity index (χ3v) is 3.97. The van der Waals surface area contributed by atoms with Crippen LogP contribution in [0.5, 0.6) is 0 Å². The SMILES string of the molecule is CC(C)(CN)C(=O)NCC(C)(C)c1ccc(Br)cc1. The van der Waals surface area contributed by atoms with Crippen LogP contribution in [0.25, 0.3) is 0 Å². The Hall–Kier alpha value is -0.870. The normalized spacial score (nSPS) is 12.3. The molecule has 0 atom stereocenters. The second kappa shape index (κ2) is 6.06. The molecule has 4 heteroatoms. The van der Waals surface area contributed by atoms with Crippen LogP contribution in [0.3, 0.4) is 0 Å². The van der Waals surface area contributed by atoms with Crippen LogP contribution >= 0.6 is 15.9 Å². The largest absolute Gasteiger partial charge is 0.355 e. The molecule has 0 bridgehead atoms. The molecule has 19 heavy (non-hydrogen) atoms. The van der Waals surface area contributed by atoms with Crippen LogP contribution in [0.2, 0.25) is 0 Å². The van der Waals surface area contributed by atoms with E-state index in [9.17, 15) is 4.79 Å². The summed E-state index contributed by atoms with van der Waals surface area (Å²) in [6, 6.07) is 8.18. The first kappa shape index (κ1) is 16.2. The number of nitrogens with two attached hydrogens (primary N) is 1. The van der Waals surface area contributed by atoms with Gasteiger partial charge in [0.05, 0.1) is 5.41 Å². The van der Waals surface area contributed by atoms with Gasteiger partial charge in [0.15, 0.2) is 0 Å². The van der Waals surface area contributed by atoms with Crippen molar-refractivity contribution in [2.75, 3.05) is 13.1 Å². The molecule has 0 saturated carbocycles. The fourth-order valence-electron chi connectivity index (χ4n) is 1.64. The van der Waals surface area contributed by atoms with Crippen molar-refractivity contribution in [2.24, 2.45) is 11.1 Å². The van der Waals surface area contributed by atoms with E-state index in [4.69, 9.17) is 5.73 Å². The predicted octanol–water partition coefficient (Wildman–Crippen LogP) is 2.83. The molecule has 0 aliphatic heterocycles. The van der Waals surface area contributed by atoms with Crippen LogP contribution in [0.4, 0.5) is 0 Å². The van der Waals surface area contributed by atoms with Crippen LogP contribution < -0.4 is 11.1 Å². The summed E-state index contributed by atoms with van der Waals surface area (Å²) in [4.78, 5) is 12.0. The summed E-state index contributed by atoms with van der Waals surface area (Å²) in [6.45, 7) is 8.89. The van der Waals surface area contributed by atoms with Crippen molar-refractivity contribution in [2.45, 2.75) is 33.1 Å². The lowest BCUT2D eigenvalue weighted by Gasteiger charge is -2.29. The molecule has 1 amide bonds. The highest BCUT2D eigenvalue weighted by Crippen LogP contribution is 2.24. The zero-order chi connectivity index (χ0) is 14.7. The zero-order valence-electron chi connectivity index (χ0n) is 12.1. The smallest absolute Gasteiger partial charge is 0.226 e. The maximum absolute atomic E-state index is 12.0. The predicted molar refractivity (Wildman–Crippen MR) is 83.0 cm³/mol. The van der Waals surface area contributed by atoms with Gasteiger partial charge in [-0.05, 0) is 31.5 Å². The highest BCUT2D eigenvalue weighted by atomic mass is 79.9. The van der Waals surface area contributed by atoms with Gasteiger partial charge in [-0.1, -0.05) is 41.9 Å². The van der Waals surface area contributed by atoms with Gasteiger partial charge in [-0.2, -0.15) is 0 Å². The topological polar surface area (TPSA) is 55.1 Å². The number of carbonyl (C=O) groups excluding carboxylic acids is 1. The summed E-state index contributed by atoms with van der Waals surface area (Å²) in [5, 5.41) is 3.00. The number of hydrogen-bond acceptors (Lipinski definition) is 2. The Balaban J connectivity index is 2.70. The molecule has 106 valence electrons. The molecule has 0 fully saturated rings. The molecule has 0 aliphatic rings. The first-order valence-electron chi connectivity index (χ1n) is 6.43.